The van der Waals surface area contributed by atoms with Gasteiger partial charge in [-0.05, 0) is 36.3 Å². The van der Waals surface area contributed by atoms with Crippen molar-refractivity contribution in [2.75, 3.05) is 0 Å². The van der Waals surface area contributed by atoms with Crippen molar-refractivity contribution in [1.29, 1.82) is 0 Å². The molecule has 0 saturated heterocycles. The van der Waals surface area contributed by atoms with Crippen LogP contribution in [0.5, 0.6) is 0 Å². The van der Waals surface area contributed by atoms with Crippen LogP contribution in [0.2, 0.25) is 0 Å². The summed E-state index contributed by atoms with van der Waals surface area (Å²) >= 11 is 0. The number of aryl methyl sites for hydroxylation is 1. The third-order valence-corrected chi connectivity index (χ3v) is 6.37. The maximum absolute atomic E-state index is 3.68. The number of rotatable bonds is 4. The molecule has 0 bridgehead atoms. The van der Waals surface area contributed by atoms with Crippen molar-refractivity contribution in [2.45, 2.75) is 65.2 Å². The molecule has 2 aliphatic carbocycles. The molecular weight excluding hydrogens is 416 g/mol. The maximum Gasteiger partial charge on any atom is 0 e. The first-order valence-electron chi connectivity index (χ1n) is 10.7. The molecule has 2 aromatic carbocycles. The van der Waals surface area contributed by atoms with Crippen molar-refractivity contribution in [3.63, 3.8) is 0 Å². The van der Waals surface area contributed by atoms with Crippen LogP contribution in [0, 0.1) is 12.8 Å². The second kappa shape index (κ2) is 9.53. The van der Waals surface area contributed by atoms with E-state index in [0.29, 0.717) is 5.92 Å². The largest absolute Gasteiger partial charge is 0.145 e. The van der Waals surface area contributed by atoms with Gasteiger partial charge in [0.2, 0.25) is 0 Å². The first-order valence-corrected chi connectivity index (χ1v) is 10.7. The van der Waals surface area contributed by atoms with E-state index in [1.807, 2.05) is 0 Å². The molecule has 28 heavy (non-hydrogen) atoms. The Hall–Kier alpha value is -1.20. The van der Waals surface area contributed by atoms with Crippen molar-refractivity contribution in [3.8, 4) is 11.1 Å². The predicted octanol–water partition coefficient (Wildman–Crippen LogP) is 6.13. The first-order chi connectivity index (χ1) is 13.1. The topological polar surface area (TPSA) is 0 Å². The van der Waals surface area contributed by atoms with Crippen LogP contribution in [0.25, 0.3) is 23.3 Å². The average molecular weight is 447 g/mol. The number of fused-ring (bicyclic) bond motifs is 1. The van der Waals surface area contributed by atoms with Gasteiger partial charge < -0.3 is 0 Å². The van der Waals surface area contributed by atoms with Gasteiger partial charge in [-0.2, -0.15) is 0 Å². The summed E-state index contributed by atoms with van der Waals surface area (Å²) < 4.78 is 0. The van der Waals surface area contributed by atoms with E-state index in [2.05, 4.69) is 75.4 Å². The fraction of sp³-hybridized carbons (Fsp3) is 0.407. The Morgan fingerprint density at radius 2 is 1.79 bits per heavy atom. The van der Waals surface area contributed by atoms with E-state index in [4.69, 9.17) is 0 Å². The summed E-state index contributed by atoms with van der Waals surface area (Å²) in [6.07, 6.45) is 16.6. The minimum atomic E-state index is 0. The Balaban J connectivity index is 0.00000225. The SMILES string of the molecule is CCC(C)c1ccc(-c2cc(C)cc3c2=CC(=CC2CCCCC2)[C-]=3)cc1.[Zr]. The standard InChI is InChI=1S/C27H31.Zr/c1-4-20(3)23-10-12-24(13-11-23)26-15-19(2)14-25-17-22(18-27(25)26)16-21-8-6-5-7-9-21;/h10-16,18,20-21H,4-9H2,1-3H3;/q-1;. The fourth-order valence-electron chi connectivity index (χ4n) is 4.51. The Morgan fingerprint density at radius 3 is 2.46 bits per heavy atom. The minimum Gasteiger partial charge on any atom is -0.145 e. The summed E-state index contributed by atoms with van der Waals surface area (Å²) in [5.41, 5.74) is 6.71. The van der Waals surface area contributed by atoms with Crippen LogP contribution in [0.3, 0.4) is 0 Å². The van der Waals surface area contributed by atoms with E-state index in [9.17, 15) is 0 Å². The van der Waals surface area contributed by atoms with Crippen molar-refractivity contribution in [1.82, 2.24) is 0 Å². The summed E-state index contributed by atoms with van der Waals surface area (Å²) in [4.78, 5) is 0. The van der Waals surface area contributed by atoms with Gasteiger partial charge in [0.15, 0.2) is 0 Å². The normalized spacial score (nSPS) is 18.8. The Labute approximate surface area is 189 Å². The molecule has 0 aromatic heterocycles. The molecule has 0 aliphatic heterocycles. The molecule has 2 aliphatic rings. The van der Waals surface area contributed by atoms with Gasteiger partial charge in [0.1, 0.15) is 0 Å². The van der Waals surface area contributed by atoms with E-state index >= 15 is 0 Å². The number of hydrogen-bond acceptors (Lipinski definition) is 0. The third kappa shape index (κ3) is 4.68. The Morgan fingerprint density at radius 1 is 1.07 bits per heavy atom. The quantitative estimate of drug-likeness (QED) is 0.496. The van der Waals surface area contributed by atoms with E-state index in [0.717, 1.165) is 5.92 Å². The summed E-state index contributed by atoms with van der Waals surface area (Å²) in [6, 6.07) is 13.8. The zero-order chi connectivity index (χ0) is 18.8. The maximum atomic E-state index is 3.68. The molecule has 0 radical (unpaired) electrons. The first kappa shape index (κ1) is 21.5. The molecule has 2 aromatic rings. The average Bonchev–Trinajstić information content (AvgIpc) is 3.09. The minimum absolute atomic E-state index is 0. The molecule has 144 valence electrons. The van der Waals surface area contributed by atoms with E-state index in [1.54, 1.807) is 0 Å². The molecule has 4 rings (SSSR count). The molecule has 0 amide bonds. The molecule has 1 atom stereocenters. The van der Waals surface area contributed by atoms with Gasteiger partial charge in [-0.15, -0.1) is 40.3 Å². The van der Waals surface area contributed by atoms with E-state index in [1.165, 1.54) is 76.8 Å². The molecule has 1 unspecified atom stereocenters. The van der Waals surface area contributed by atoms with Crippen LogP contribution in [-0.4, -0.2) is 0 Å². The number of hydrogen-bond donors (Lipinski definition) is 0. The van der Waals surface area contributed by atoms with Gasteiger partial charge in [-0.1, -0.05) is 87.4 Å². The summed E-state index contributed by atoms with van der Waals surface area (Å²) in [5, 5.41) is 2.61. The third-order valence-electron chi connectivity index (χ3n) is 6.37. The summed E-state index contributed by atoms with van der Waals surface area (Å²) in [7, 11) is 0. The van der Waals surface area contributed by atoms with Gasteiger partial charge in [0.25, 0.3) is 0 Å². The second-order valence-electron chi connectivity index (χ2n) is 8.49. The van der Waals surface area contributed by atoms with Crippen LogP contribution in [0.1, 0.15) is 69.4 Å². The molecule has 1 fully saturated rings. The molecule has 1 saturated carbocycles. The molecular formula is C27H31Zr-. The van der Waals surface area contributed by atoms with Crippen LogP contribution in [-0.2, 0) is 26.2 Å². The summed E-state index contributed by atoms with van der Waals surface area (Å²) in [5.74, 6) is 1.37. The number of benzene rings is 2. The van der Waals surface area contributed by atoms with Gasteiger partial charge in [0, 0.05) is 26.2 Å². The van der Waals surface area contributed by atoms with Crippen molar-refractivity contribution in [3.05, 3.63) is 69.6 Å². The van der Waals surface area contributed by atoms with Crippen molar-refractivity contribution < 1.29 is 26.2 Å². The van der Waals surface area contributed by atoms with Gasteiger partial charge in [-0.25, -0.2) is 0 Å². The Bertz CT molecular complexity index is 957. The monoisotopic (exact) mass is 445 g/mol. The molecule has 0 N–H and O–H groups in total. The van der Waals surface area contributed by atoms with Crippen LogP contribution < -0.4 is 10.4 Å². The van der Waals surface area contributed by atoms with Gasteiger partial charge in [-0.3, -0.25) is 0 Å². The van der Waals surface area contributed by atoms with Gasteiger partial charge >= 0.3 is 0 Å². The molecule has 0 heterocycles. The zero-order valence-corrected chi connectivity index (χ0v) is 20.0. The van der Waals surface area contributed by atoms with Crippen LogP contribution >= 0.6 is 0 Å². The molecule has 1 heteroatoms. The van der Waals surface area contributed by atoms with E-state index in [-0.39, 0.29) is 26.2 Å². The summed E-state index contributed by atoms with van der Waals surface area (Å²) in [6.45, 7) is 6.76. The molecule has 0 nitrogen and oxygen atoms in total. The Kier molecular flexibility index (Phi) is 7.32. The van der Waals surface area contributed by atoms with Crippen molar-refractivity contribution in [2.24, 2.45) is 5.92 Å². The van der Waals surface area contributed by atoms with Crippen LogP contribution in [0.15, 0.2) is 48.0 Å². The van der Waals surface area contributed by atoms with E-state index < -0.39 is 0 Å². The van der Waals surface area contributed by atoms with Gasteiger partial charge in [0.05, 0.1) is 0 Å². The zero-order valence-electron chi connectivity index (χ0n) is 17.5. The van der Waals surface area contributed by atoms with Crippen LogP contribution in [0.4, 0.5) is 0 Å². The molecule has 0 spiro atoms. The second-order valence-corrected chi connectivity index (χ2v) is 8.49. The number of allylic oxidation sites excluding steroid dienone is 2. The predicted molar refractivity (Wildman–Crippen MR) is 117 cm³/mol. The van der Waals surface area contributed by atoms with Crippen molar-refractivity contribution >= 4 is 12.2 Å². The smallest absolute Gasteiger partial charge is 0 e. The fourth-order valence-corrected chi connectivity index (χ4v) is 4.51.